The van der Waals surface area contributed by atoms with Crippen LogP contribution < -0.4 is 15.0 Å². The summed E-state index contributed by atoms with van der Waals surface area (Å²) < 4.78 is 11.5. The topological polar surface area (TPSA) is 64.2 Å². The molecule has 31 heavy (non-hydrogen) atoms. The van der Waals surface area contributed by atoms with Gasteiger partial charge in [-0.25, -0.2) is 4.98 Å². The number of nitrogens with one attached hydrogen (secondary N) is 1. The molecule has 5 rings (SSSR count). The number of benzene rings is 2. The molecule has 0 saturated carbocycles. The summed E-state index contributed by atoms with van der Waals surface area (Å²) in [5, 5.41) is 0.778. The van der Waals surface area contributed by atoms with Crippen LogP contribution in [-0.4, -0.2) is 17.1 Å². The monoisotopic (exact) mass is 432 g/mol. The third-order valence-electron chi connectivity index (χ3n) is 5.75. The highest BCUT2D eigenvalue weighted by Crippen LogP contribution is 2.35. The second kappa shape index (κ2) is 8.55. The number of fused-ring (bicyclic) bond motifs is 3. The van der Waals surface area contributed by atoms with Gasteiger partial charge in [-0.15, -0.1) is 11.3 Å². The Hall–Kier alpha value is -3.12. The van der Waals surface area contributed by atoms with Crippen molar-refractivity contribution in [1.29, 1.82) is 0 Å². The molecule has 158 valence electrons. The van der Waals surface area contributed by atoms with Gasteiger partial charge in [0, 0.05) is 10.4 Å². The Morgan fingerprint density at radius 1 is 1.03 bits per heavy atom. The molecular weight excluding hydrogens is 408 g/mol. The Balaban J connectivity index is 1.47. The summed E-state index contributed by atoms with van der Waals surface area (Å²) in [4.78, 5) is 22.9. The quantitative estimate of drug-likeness (QED) is 0.423. The minimum absolute atomic E-state index is 0.0530. The SMILES string of the molecule is COc1cc(-c2nc3sc4c(c3c(=O)[nH]2)CCCCC4)ccc1OCc1ccccc1. The van der Waals surface area contributed by atoms with Crippen LogP contribution in [0.25, 0.3) is 21.6 Å². The van der Waals surface area contributed by atoms with Crippen molar-refractivity contribution in [2.24, 2.45) is 0 Å². The maximum Gasteiger partial charge on any atom is 0.260 e. The summed E-state index contributed by atoms with van der Waals surface area (Å²) in [5.41, 5.74) is 3.04. The Morgan fingerprint density at radius 3 is 2.71 bits per heavy atom. The van der Waals surface area contributed by atoms with Gasteiger partial charge in [0.05, 0.1) is 12.5 Å². The van der Waals surface area contributed by atoms with Gasteiger partial charge < -0.3 is 14.5 Å². The van der Waals surface area contributed by atoms with Crippen LogP contribution in [0.5, 0.6) is 11.5 Å². The maximum atomic E-state index is 13.0. The molecule has 4 aromatic rings. The molecular formula is C25H24N2O3S. The molecule has 0 saturated heterocycles. The highest BCUT2D eigenvalue weighted by atomic mass is 32.1. The number of methoxy groups -OCH3 is 1. The van der Waals surface area contributed by atoms with Crippen molar-refractivity contribution in [1.82, 2.24) is 9.97 Å². The molecule has 1 aliphatic rings. The van der Waals surface area contributed by atoms with Crippen molar-refractivity contribution < 1.29 is 9.47 Å². The minimum atomic E-state index is -0.0530. The molecule has 0 unspecified atom stereocenters. The minimum Gasteiger partial charge on any atom is -0.493 e. The van der Waals surface area contributed by atoms with E-state index in [9.17, 15) is 4.79 Å². The largest absolute Gasteiger partial charge is 0.493 e. The van der Waals surface area contributed by atoms with E-state index < -0.39 is 0 Å². The summed E-state index contributed by atoms with van der Waals surface area (Å²) in [6, 6.07) is 15.6. The molecule has 5 nitrogen and oxygen atoms in total. The van der Waals surface area contributed by atoms with Gasteiger partial charge in [0.25, 0.3) is 5.56 Å². The molecule has 0 radical (unpaired) electrons. The molecule has 2 aromatic heterocycles. The van der Waals surface area contributed by atoms with Gasteiger partial charge >= 0.3 is 0 Å². The number of H-pyrrole nitrogens is 1. The summed E-state index contributed by atoms with van der Waals surface area (Å²) in [5.74, 6) is 1.82. The molecule has 2 heterocycles. The van der Waals surface area contributed by atoms with E-state index >= 15 is 0 Å². The lowest BCUT2D eigenvalue weighted by Crippen LogP contribution is -2.10. The number of rotatable bonds is 5. The highest BCUT2D eigenvalue weighted by Gasteiger charge is 2.19. The van der Waals surface area contributed by atoms with E-state index in [0.29, 0.717) is 23.9 Å². The van der Waals surface area contributed by atoms with Crippen LogP contribution in [0, 0.1) is 0 Å². The van der Waals surface area contributed by atoms with Crippen molar-refractivity contribution >= 4 is 21.6 Å². The first-order chi connectivity index (χ1) is 15.2. The number of nitrogens with zero attached hydrogens (tertiary/aromatic N) is 1. The van der Waals surface area contributed by atoms with E-state index in [1.807, 2.05) is 48.5 Å². The molecule has 0 atom stereocenters. The number of ether oxygens (including phenoxy) is 2. The molecule has 2 aromatic carbocycles. The zero-order valence-electron chi connectivity index (χ0n) is 17.4. The first kappa shape index (κ1) is 19.8. The van der Waals surface area contributed by atoms with Crippen molar-refractivity contribution in [3.63, 3.8) is 0 Å². The normalized spacial score (nSPS) is 13.6. The van der Waals surface area contributed by atoms with Crippen LogP contribution in [0.1, 0.15) is 35.3 Å². The Labute approximate surface area is 184 Å². The third kappa shape index (κ3) is 3.95. The molecule has 0 fully saturated rings. The van der Waals surface area contributed by atoms with Gasteiger partial charge in [0.15, 0.2) is 11.5 Å². The fraction of sp³-hybridized carbons (Fsp3) is 0.280. The van der Waals surface area contributed by atoms with E-state index in [1.165, 1.54) is 23.3 Å². The zero-order chi connectivity index (χ0) is 21.2. The second-order valence-electron chi connectivity index (χ2n) is 7.80. The zero-order valence-corrected chi connectivity index (χ0v) is 18.3. The van der Waals surface area contributed by atoms with Crippen molar-refractivity contribution in [2.75, 3.05) is 7.11 Å². The predicted octanol–water partition coefficient (Wildman–Crippen LogP) is 5.51. The summed E-state index contributed by atoms with van der Waals surface area (Å²) >= 11 is 1.67. The summed E-state index contributed by atoms with van der Waals surface area (Å²) in [6.07, 6.45) is 5.58. The predicted molar refractivity (Wildman–Crippen MR) is 124 cm³/mol. The summed E-state index contributed by atoms with van der Waals surface area (Å²) in [7, 11) is 1.62. The van der Waals surface area contributed by atoms with Crippen molar-refractivity contribution in [2.45, 2.75) is 38.7 Å². The molecule has 0 aliphatic heterocycles. The van der Waals surface area contributed by atoms with Crippen LogP contribution in [0.15, 0.2) is 53.3 Å². The molecule has 1 aliphatic carbocycles. The Morgan fingerprint density at radius 2 is 1.87 bits per heavy atom. The number of aromatic nitrogens is 2. The fourth-order valence-corrected chi connectivity index (χ4v) is 5.41. The van der Waals surface area contributed by atoms with Gasteiger partial charge in [-0.3, -0.25) is 4.79 Å². The van der Waals surface area contributed by atoms with E-state index in [0.717, 1.165) is 40.6 Å². The van der Waals surface area contributed by atoms with Crippen LogP contribution in [0.3, 0.4) is 0 Å². The standard InChI is InChI=1S/C25H24N2O3S/c1-29-20-14-17(12-13-19(20)30-15-16-8-4-2-5-9-16)23-26-24(28)22-18-10-6-3-7-11-21(18)31-25(22)27-23/h2,4-5,8-9,12-14H,3,6-7,10-11,15H2,1H3,(H,26,27,28). The van der Waals surface area contributed by atoms with Gasteiger partial charge in [-0.1, -0.05) is 36.8 Å². The van der Waals surface area contributed by atoms with Crippen molar-refractivity contribution in [3.8, 4) is 22.9 Å². The summed E-state index contributed by atoms with van der Waals surface area (Å²) in [6.45, 7) is 0.457. The number of hydrogen-bond acceptors (Lipinski definition) is 5. The Bertz CT molecular complexity index is 1280. The van der Waals surface area contributed by atoms with E-state index in [4.69, 9.17) is 14.5 Å². The average molecular weight is 433 g/mol. The van der Waals surface area contributed by atoms with E-state index in [1.54, 1.807) is 18.4 Å². The number of hydrogen-bond donors (Lipinski definition) is 1. The molecule has 0 bridgehead atoms. The number of aryl methyl sites for hydroxylation is 2. The lowest BCUT2D eigenvalue weighted by Gasteiger charge is -2.12. The maximum absolute atomic E-state index is 13.0. The molecule has 0 amide bonds. The van der Waals surface area contributed by atoms with Crippen LogP contribution in [-0.2, 0) is 19.4 Å². The number of thiophene rings is 1. The Kier molecular flexibility index (Phi) is 5.47. The van der Waals surface area contributed by atoms with E-state index in [2.05, 4.69) is 4.98 Å². The highest BCUT2D eigenvalue weighted by molar-refractivity contribution is 7.18. The van der Waals surface area contributed by atoms with Gasteiger partial charge in [0.2, 0.25) is 0 Å². The van der Waals surface area contributed by atoms with Gasteiger partial charge in [0.1, 0.15) is 17.3 Å². The third-order valence-corrected chi connectivity index (χ3v) is 6.93. The first-order valence-electron chi connectivity index (χ1n) is 10.6. The fourth-order valence-electron chi connectivity index (χ4n) is 4.15. The second-order valence-corrected chi connectivity index (χ2v) is 8.88. The van der Waals surface area contributed by atoms with Crippen LogP contribution >= 0.6 is 11.3 Å². The van der Waals surface area contributed by atoms with E-state index in [-0.39, 0.29) is 5.56 Å². The lowest BCUT2D eigenvalue weighted by atomic mass is 10.1. The van der Waals surface area contributed by atoms with Crippen LogP contribution in [0.2, 0.25) is 0 Å². The first-order valence-corrected chi connectivity index (χ1v) is 11.4. The van der Waals surface area contributed by atoms with Gasteiger partial charge in [-0.2, -0.15) is 0 Å². The van der Waals surface area contributed by atoms with Crippen molar-refractivity contribution in [3.05, 3.63) is 74.9 Å². The van der Waals surface area contributed by atoms with Gasteiger partial charge in [-0.05, 0) is 55.0 Å². The van der Waals surface area contributed by atoms with Crippen LogP contribution in [0.4, 0.5) is 0 Å². The molecule has 1 N–H and O–H groups in total. The number of aromatic amines is 1. The smallest absolute Gasteiger partial charge is 0.260 e. The molecule has 0 spiro atoms. The molecule has 6 heteroatoms. The lowest BCUT2D eigenvalue weighted by molar-refractivity contribution is 0.284. The average Bonchev–Trinajstić information content (AvgIpc) is 3.00.